The summed E-state index contributed by atoms with van der Waals surface area (Å²) in [5.41, 5.74) is 2.24. The number of aryl methyl sites for hydroxylation is 2. The largest absolute Gasteiger partial charge is 0.487 e. The number of benzene rings is 2. The number of fused-ring (bicyclic) bond motifs is 1. The fraction of sp³-hybridized carbons (Fsp3) is 0.429. The van der Waals surface area contributed by atoms with Crippen molar-refractivity contribution < 1.29 is 13.2 Å². The SMILES string of the molecule is CCC1(CC)C[C@@H](NS(=O)(=O)c2cc(C)ccc2C)c2ccccc2O1. The molecule has 2 aromatic carbocycles. The van der Waals surface area contributed by atoms with Crippen LogP contribution in [-0.2, 0) is 10.0 Å². The normalized spacial score (nSPS) is 18.8. The van der Waals surface area contributed by atoms with Crippen molar-refractivity contribution in [1.29, 1.82) is 0 Å². The van der Waals surface area contributed by atoms with Crippen LogP contribution in [0.15, 0.2) is 47.4 Å². The van der Waals surface area contributed by atoms with Crippen LogP contribution >= 0.6 is 0 Å². The highest BCUT2D eigenvalue weighted by molar-refractivity contribution is 7.89. The lowest BCUT2D eigenvalue weighted by molar-refractivity contribution is 0.0260. The molecule has 0 unspecified atom stereocenters. The molecule has 3 rings (SSSR count). The quantitative estimate of drug-likeness (QED) is 0.829. The lowest BCUT2D eigenvalue weighted by Crippen LogP contribution is -2.44. The lowest BCUT2D eigenvalue weighted by Gasteiger charge is -2.41. The number of nitrogens with one attached hydrogen (secondary N) is 1. The maximum absolute atomic E-state index is 13.1. The Morgan fingerprint density at radius 1 is 1.12 bits per heavy atom. The third-order valence-corrected chi connectivity index (χ3v) is 7.03. The lowest BCUT2D eigenvalue weighted by atomic mass is 9.84. The summed E-state index contributed by atoms with van der Waals surface area (Å²) in [6, 6.07) is 12.9. The predicted molar refractivity (Wildman–Crippen MR) is 104 cm³/mol. The molecule has 1 heterocycles. The Hall–Kier alpha value is -1.85. The van der Waals surface area contributed by atoms with Crippen molar-refractivity contribution in [3.63, 3.8) is 0 Å². The summed E-state index contributed by atoms with van der Waals surface area (Å²) in [6.45, 7) is 7.91. The number of ether oxygens (including phenoxy) is 1. The smallest absolute Gasteiger partial charge is 0.241 e. The Bertz CT molecular complexity index is 901. The zero-order valence-electron chi connectivity index (χ0n) is 15.9. The van der Waals surface area contributed by atoms with Crippen molar-refractivity contribution in [1.82, 2.24) is 4.72 Å². The molecule has 0 saturated heterocycles. The van der Waals surface area contributed by atoms with Gasteiger partial charge in [0.1, 0.15) is 11.4 Å². The molecule has 0 radical (unpaired) electrons. The third kappa shape index (κ3) is 3.51. The van der Waals surface area contributed by atoms with Crippen molar-refractivity contribution in [2.75, 3.05) is 0 Å². The maximum Gasteiger partial charge on any atom is 0.241 e. The predicted octanol–water partition coefficient (Wildman–Crippen LogP) is 4.66. The van der Waals surface area contributed by atoms with E-state index >= 15 is 0 Å². The van der Waals surface area contributed by atoms with Gasteiger partial charge in [-0.05, 0) is 49.9 Å². The Kier molecular flexibility index (Phi) is 5.13. The second kappa shape index (κ2) is 7.05. The van der Waals surface area contributed by atoms with Gasteiger partial charge in [-0.1, -0.05) is 44.2 Å². The van der Waals surface area contributed by atoms with Crippen LogP contribution in [0.2, 0.25) is 0 Å². The second-order valence-corrected chi connectivity index (χ2v) is 8.86. The molecule has 1 N–H and O–H groups in total. The highest BCUT2D eigenvalue weighted by Gasteiger charge is 2.40. The van der Waals surface area contributed by atoms with Gasteiger partial charge in [-0.2, -0.15) is 0 Å². The fourth-order valence-electron chi connectivity index (χ4n) is 3.65. The van der Waals surface area contributed by atoms with E-state index in [1.54, 1.807) is 6.07 Å². The minimum Gasteiger partial charge on any atom is -0.487 e. The molecule has 5 heteroatoms. The second-order valence-electron chi connectivity index (χ2n) is 7.18. The monoisotopic (exact) mass is 373 g/mol. The number of para-hydroxylation sites is 1. The minimum absolute atomic E-state index is 0.301. The first kappa shape index (κ1) is 18.9. The Morgan fingerprint density at radius 2 is 1.81 bits per heavy atom. The van der Waals surface area contributed by atoms with Gasteiger partial charge in [0, 0.05) is 12.0 Å². The molecule has 0 amide bonds. The summed E-state index contributed by atoms with van der Waals surface area (Å²) in [7, 11) is -3.63. The van der Waals surface area contributed by atoms with Gasteiger partial charge in [-0.3, -0.25) is 0 Å². The third-order valence-electron chi connectivity index (χ3n) is 5.42. The molecule has 0 spiro atoms. The van der Waals surface area contributed by atoms with Crippen LogP contribution in [-0.4, -0.2) is 14.0 Å². The minimum atomic E-state index is -3.63. The van der Waals surface area contributed by atoms with Crippen LogP contribution < -0.4 is 9.46 Å². The molecule has 2 aromatic rings. The Balaban J connectivity index is 2.01. The number of rotatable bonds is 5. The first-order valence-corrected chi connectivity index (χ1v) is 10.7. The molecule has 140 valence electrons. The van der Waals surface area contributed by atoms with Gasteiger partial charge in [-0.15, -0.1) is 0 Å². The topological polar surface area (TPSA) is 55.4 Å². The van der Waals surface area contributed by atoms with Gasteiger partial charge in [0.25, 0.3) is 0 Å². The molecule has 0 saturated carbocycles. The molecular weight excluding hydrogens is 346 g/mol. The molecule has 4 nitrogen and oxygen atoms in total. The van der Waals surface area contributed by atoms with E-state index in [4.69, 9.17) is 4.74 Å². The van der Waals surface area contributed by atoms with Gasteiger partial charge in [-0.25, -0.2) is 13.1 Å². The van der Waals surface area contributed by atoms with Crippen LogP contribution in [0, 0.1) is 13.8 Å². The average molecular weight is 374 g/mol. The average Bonchev–Trinajstić information content (AvgIpc) is 2.63. The van der Waals surface area contributed by atoms with Gasteiger partial charge in [0.2, 0.25) is 10.0 Å². The van der Waals surface area contributed by atoms with Crippen LogP contribution in [0.25, 0.3) is 0 Å². The summed E-state index contributed by atoms with van der Waals surface area (Å²) in [5, 5.41) is 0. The van der Waals surface area contributed by atoms with E-state index in [0.29, 0.717) is 11.3 Å². The van der Waals surface area contributed by atoms with Crippen LogP contribution in [0.3, 0.4) is 0 Å². The zero-order valence-corrected chi connectivity index (χ0v) is 16.7. The Labute approximate surface area is 156 Å². The van der Waals surface area contributed by atoms with Crippen LogP contribution in [0.5, 0.6) is 5.75 Å². The van der Waals surface area contributed by atoms with Gasteiger partial charge in [0.15, 0.2) is 0 Å². The van der Waals surface area contributed by atoms with Gasteiger partial charge >= 0.3 is 0 Å². The standard InChI is InChI=1S/C21H27NO3S/c1-5-21(6-2)14-18(17-9-7-8-10-19(17)25-21)22-26(23,24)20-13-15(3)11-12-16(20)4/h7-13,18,22H,5-6,14H2,1-4H3/t18-/m1/s1. The van der Waals surface area contributed by atoms with E-state index in [0.717, 1.165) is 35.3 Å². The van der Waals surface area contributed by atoms with Crippen molar-refractivity contribution >= 4 is 10.0 Å². The van der Waals surface area contributed by atoms with Gasteiger partial charge < -0.3 is 4.74 Å². The summed E-state index contributed by atoms with van der Waals surface area (Å²) in [4.78, 5) is 0.347. The summed E-state index contributed by atoms with van der Waals surface area (Å²) in [5.74, 6) is 0.774. The highest BCUT2D eigenvalue weighted by atomic mass is 32.2. The zero-order chi connectivity index (χ0) is 18.9. The summed E-state index contributed by atoms with van der Waals surface area (Å²) < 4.78 is 35.5. The number of sulfonamides is 1. The molecule has 0 fully saturated rings. The van der Waals surface area contributed by atoms with Crippen LogP contribution in [0.4, 0.5) is 0 Å². The number of hydrogen-bond donors (Lipinski definition) is 1. The van der Waals surface area contributed by atoms with Crippen molar-refractivity contribution in [2.24, 2.45) is 0 Å². The maximum atomic E-state index is 13.1. The molecule has 0 aromatic heterocycles. The van der Waals surface area contributed by atoms with Crippen molar-refractivity contribution in [3.05, 3.63) is 59.2 Å². The molecule has 1 aliphatic rings. The van der Waals surface area contributed by atoms with Crippen molar-refractivity contribution in [2.45, 2.75) is 63.5 Å². The first-order valence-electron chi connectivity index (χ1n) is 9.18. The van der Waals surface area contributed by atoms with Crippen LogP contribution in [0.1, 0.15) is 55.8 Å². The molecule has 1 aliphatic heterocycles. The van der Waals surface area contributed by atoms with E-state index in [9.17, 15) is 8.42 Å². The highest BCUT2D eigenvalue weighted by Crippen LogP contribution is 2.43. The van der Waals surface area contributed by atoms with Crippen molar-refractivity contribution in [3.8, 4) is 5.75 Å². The number of hydrogen-bond acceptors (Lipinski definition) is 3. The summed E-state index contributed by atoms with van der Waals surface area (Å²) in [6.07, 6.45) is 2.29. The molecular formula is C21H27NO3S. The molecule has 26 heavy (non-hydrogen) atoms. The van der Waals surface area contributed by atoms with Gasteiger partial charge in [0.05, 0.1) is 10.9 Å². The Morgan fingerprint density at radius 3 is 2.50 bits per heavy atom. The molecule has 1 atom stereocenters. The molecule has 0 aliphatic carbocycles. The van der Waals surface area contributed by atoms with E-state index in [-0.39, 0.29) is 11.6 Å². The van der Waals surface area contributed by atoms with E-state index in [1.165, 1.54) is 0 Å². The van der Waals surface area contributed by atoms with E-state index < -0.39 is 10.0 Å². The first-order chi connectivity index (χ1) is 12.3. The molecule has 0 bridgehead atoms. The summed E-state index contributed by atoms with van der Waals surface area (Å²) >= 11 is 0. The van der Waals surface area contributed by atoms with E-state index in [1.807, 2.05) is 50.2 Å². The fourth-order valence-corrected chi connectivity index (χ4v) is 5.20. The van der Waals surface area contributed by atoms with E-state index in [2.05, 4.69) is 18.6 Å².